The number of rotatable bonds is 7. The molecule has 0 saturated heterocycles. The number of aromatic nitrogens is 1. The average molecular weight is 386 g/mol. The largest absolute Gasteiger partial charge is 0.493 e. The average Bonchev–Trinajstić information content (AvgIpc) is 2.78. The third-order valence-corrected chi connectivity index (χ3v) is 3.99. The van der Waals surface area contributed by atoms with Gasteiger partial charge >= 0.3 is 0 Å². The maximum atomic E-state index is 11.9. The number of benzene rings is 2. The second-order valence-corrected chi connectivity index (χ2v) is 5.88. The molecule has 0 aliphatic carbocycles. The third kappa shape index (κ3) is 5.17. The summed E-state index contributed by atoms with van der Waals surface area (Å²) in [5, 5.41) is 13.1. The molecule has 0 spiro atoms. The van der Waals surface area contributed by atoms with E-state index in [1.54, 1.807) is 42.5 Å². The van der Waals surface area contributed by atoms with Crippen LogP contribution >= 0.6 is 0 Å². The molecule has 1 amide bonds. The van der Waals surface area contributed by atoms with Crippen LogP contribution in [0.1, 0.15) is 27.2 Å². The van der Waals surface area contributed by atoms with Gasteiger partial charge in [0.2, 0.25) is 0 Å². The molecule has 0 bridgehead atoms. The first-order valence-corrected chi connectivity index (χ1v) is 8.74. The maximum absolute atomic E-state index is 11.9. The predicted molar refractivity (Wildman–Crippen MR) is 108 cm³/mol. The van der Waals surface area contributed by atoms with Crippen molar-refractivity contribution in [3.63, 3.8) is 0 Å². The van der Waals surface area contributed by atoms with Gasteiger partial charge in [-0.3, -0.25) is 9.78 Å². The SMILES string of the molecule is COc1cc(/C=N/NC(=O)c2ccccn2)ccc1OCc1ccccc1C#N. The summed E-state index contributed by atoms with van der Waals surface area (Å²) in [6.45, 7) is 0.244. The van der Waals surface area contributed by atoms with Crippen LogP contribution in [0, 0.1) is 11.3 Å². The molecule has 1 aromatic heterocycles. The highest BCUT2D eigenvalue weighted by Gasteiger charge is 2.08. The van der Waals surface area contributed by atoms with Crippen molar-refractivity contribution in [1.82, 2.24) is 10.4 Å². The molecule has 0 atom stereocenters. The van der Waals surface area contributed by atoms with Crippen molar-refractivity contribution < 1.29 is 14.3 Å². The Morgan fingerprint density at radius 1 is 1.17 bits per heavy atom. The smallest absolute Gasteiger partial charge is 0.289 e. The van der Waals surface area contributed by atoms with E-state index in [2.05, 4.69) is 21.6 Å². The molecule has 7 nitrogen and oxygen atoms in total. The number of carbonyl (C=O) groups excluding carboxylic acids is 1. The molecule has 1 heterocycles. The Hall–Kier alpha value is -4.18. The molecule has 0 fully saturated rings. The van der Waals surface area contributed by atoms with E-state index in [1.807, 2.05) is 18.2 Å². The minimum Gasteiger partial charge on any atom is -0.493 e. The molecule has 0 aliphatic rings. The van der Waals surface area contributed by atoms with Crippen molar-refractivity contribution in [2.75, 3.05) is 7.11 Å². The van der Waals surface area contributed by atoms with Gasteiger partial charge in [0.25, 0.3) is 5.91 Å². The van der Waals surface area contributed by atoms with Crippen LogP contribution in [-0.2, 0) is 6.61 Å². The Labute approximate surface area is 168 Å². The van der Waals surface area contributed by atoms with Crippen molar-refractivity contribution in [3.8, 4) is 17.6 Å². The fourth-order valence-electron chi connectivity index (χ4n) is 2.51. The van der Waals surface area contributed by atoms with E-state index in [0.717, 1.165) is 5.56 Å². The van der Waals surface area contributed by atoms with Gasteiger partial charge in [0.05, 0.1) is 25.0 Å². The molecular formula is C22H18N4O3. The van der Waals surface area contributed by atoms with Crippen molar-refractivity contribution in [1.29, 1.82) is 5.26 Å². The van der Waals surface area contributed by atoms with E-state index in [4.69, 9.17) is 14.7 Å². The van der Waals surface area contributed by atoms with Crippen LogP contribution in [0.5, 0.6) is 11.5 Å². The number of methoxy groups -OCH3 is 1. The molecule has 3 rings (SSSR count). The zero-order valence-electron chi connectivity index (χ0n) is 15.7. The fourth-order valence-corrected chi connectivity index (χ4v) is 2.51. The molecule has 2 aromatic carbocycles. The summed E-state index contributed by atoms with van der Waals surface area (Å²) in [4.78, 5) is 15.9. The second-order valence-electron chi connectivity index (χ2n) is 5.88. The standard InChI is InChI=1S/C22H18N4O3/c1-28-21-12-16(14-25-26-22(27)19-8-4-5-11-24-19)9-10-20(21)29-15-18-7-3-2-6-17(18)13-23/h2-12,14H,15H2,1H3,(H,26,27)/b25-14+. The number of nitrogens with one attached hydrogen (secondary N) is 1. The molecule has 0 aliphatic heterocycles. The monoisotopic (exact) mass is 386 g/mol. The lowest BCUT2D eigenvalue weighted by Gasteiger charge is -2.12. The Balaban J connectivity index is 1.65. The number of amides is 1. The van der Waals surface area contributed by atoms with Crippen LogP contribution in [0.2, 0.25) is 0 Å². The highest BCUT2D eigenvalue weighted by Crippen LogP contribution is 2.28. The van der Waals surface area contributed by atoms with E-state index in [0.29, 0.717) is 22.6 Å². The number of nitriles is 1. The lowest BCUT2D eigenvalue weighted by atomic mass is 10.1. The first-order valence-electron chi connectivity index (χ1n) is 8.74. The number of ether oxygens (including phenoxy) is 2. The topological polar surface area (TPSA) is 96.6 Å². The zero-order chi connectivity index (χ0) is 20.5. The fraction of sp³-hybridized carbons (Fsp3) is 0.0909. The summed E-state index contributed by atoms with van der Waals surface area (Å²) in [6, 6.07) is 19.7. The van der Waals surface area contributed by atoms with Gasteiger partial charge in [-0.1, -0.05) is 24.3 Å². The van der Waals surface area contributed by atoms with Crippen LogP contribution in [-0.4, -0.2) is 24.2 Å². The highest BCUT2D eigenvalue weighted by molar-refractivity contribution is 5.93. The molecule has 1 N–H and O–H groups in total. The summed E-state index contributed by atoms with van der Waals surface area (Å²) in [6.07, 6.45) is 3.04. The van der Waals surface area contributed by atoms with Gasteiger partial charge in [-0.25, -0.2) is 5.43 Å². The van der Waals surface area contributed by atoms with Crippen LogP contribution in [0.15, 0.2) is 72.0 Å². The summed E-state index contributed by atoms with van der Waals surface area (Å²) in [5.41, 5.74) is 4.78. The van der Waals surface area contributed by atoms with Gasteiger partial charge in [-0.05, 0) is 42.0 Å². The quantitative estimate of drug-likeness (QED) is 0.496. The summed E-state index contributed by atoms with van der Waals surface area (Å²) in [7, 11) is 1.54. The summed E-state index contributed by atoms with van der Waals surface area (Å²) >= 11 is 0. The highest BCUT2D eigenvalue weighted by atomic mass is 16.5. The summed E-state index contributed by atoms with van der Waals surface area (Å²) in [5.74, 6) is 0.652. The van der Waals surface area contributed by atoms with Crippen LogP contribution in [0.4, 0.5) is 0 Å². The second kappa shape index (κ2) is 9.67. The molecule has 3 aromatic rings. The first-order chi connectivity index (χ1) is 14.2. The van der Waals surface area contributed by atoms with E-state index >= 15 is 0 Å². The molecule has 29 heavy (non-hydrogen) atoms. The van der Waals surface area contributed by atoms with Crippen molar-refractivity contribution in [2.24, 2.45) is 5.10 Å². The zero-order valence-corrected chi connectivity index (χ0v) is 15.7. The molecule has 7 heteroatoms. The number of pyridine rings is 1. The molecule has 0 saturated carbocycles. The molecule has 144 valence electrons. The van der Waals surface area contributed by atoms with Gasteiger partial charge in [0, 0.05) is 11.8 Å². The Kier molecular flexibility index (Phi) is 6.53. The van der Waals surface area contributed by atoms with E-state index in [9.17, 15) is 4.79 Å². The van der Waals surface area contributed by atoms with Crippen molar-refractivity contribution in [2.45, 2.75) is 6.61 Å². The number of hydrazone groups is 1. The van der Waals surface area contributed by atoms with E-state index < -0.39 is 5.91 Å². The van der Waals surface area contributed by atoms with E-state index in [1.165, 1.54) is 19.5 Å². The van der Waals surface area contributed by atoms with Gasteiger partial charge in [0.1, 0.15) is 12.3 Å². The van der Waals surface area contributed by atoms with Gasteiger partial charge in [-0.15, -0.1) is 0 Å². The Bertz CT molecular complexity index is 1060. The molecular weight excluding hydrogens is 368 g/mol. The lowest BCUT2D eigenvalue weighted by Crippen LogP contribution is -2.18. The lowest BCUT2D eigenvalue weighted by molar-refractivity contribution is 0.0950. The number of nitrogens with zero attached hydrogens (tertiary/aromatic N) is 3. The van der Waals surface area contributed by atoms with Crippen molar-refractivity contribution >= 4 is 12.1 Å². The Morgan fingerprint density at radius 2 is 2.00 bits per heavy atom. The van der Waals surface area contributed by atoms with Crippen LogP contribution in [0.3, 0.4) is 0 Å². The van der Waals surface area contributed by atoms with Gasteiger partial charge in [0.15, 0.2) is 11.5 Å². The number of hydrogen-bond donors (Lipinski definition) is 1. The predicted octanol–water partition coefficient (Wildman–Crippen LogP) is 3.30. The Morgan fingerprint density at radius 3 is 2.76 bits per heavy atom. The van der Waals surface area contributed by atoms with Crippen LogP contribution in [0.25, 0.3) is 0 Å². The molecule has 0 unspecified atom stereocenters. The first kappa shape index (κ1) is 19.6. The minimum absolute atomic E-state index is 0.244. The van der Waals surface area contributed by atoms with Gasteiger partial charge in [-0.2, -0.15) is 10.4 Å². The normalized spacial score (nSPS) is 10.3. The van der Waals surface area contributed by atoms with E-state index in [-0.39, 0.29) is 12.3 Å². The van der Waals surface area contributed by atoms with Gasteiger partial charge < -0.3 is 9.47 Å². The number of carbonyl (C=O) groups is 1. The minimum atomic E-state index is -0.398. The van der Waals surface area contributed by atoms with Crippen LogP contribution < -0.4 is 14.9 Å². The van der Waals surface area contributed by atoms with Crippen molar-refractivity contribution in [3.05, 3.63) is 89.2 Å². The third-order valence-electron chi connectivity index (χ3n) is 3.99. The summed E-state index contributed by atoms with van der Waals surface area (Å²) < 4.78 is 11.2. The molecule has 0 radical (unpaired) electrons. The number of hydrogen-bond acceptors (Lipinski definition) is 6. The maximum Gasteiger partial charge on any atom is 0.289 e.